The predicted molar refractivity (Wildman–Crippen MR) is 92.5 cm³/mol. The maximum Gasteiger partial charge on any atom is 0.251 e. The standard InChI is InChI=1S/C19H19ClNO2/c1-14-10-11-16(12-18(14)20)19(23)21-17(13-22)9-5-8-15-6-3-2-4-7-15/h2-4,6-7,10-12,17H,5,8-9H2,1H3,(H,21,23)/t17-/m1/s1. The zero-order chi connectivity index (χ0) is 16.7. The van der Waals surface area contributed by atoms with Crippen LogP contribution in [-0.4, -0.2) is 18.2 Å². The van der Waals surface area contributed by atoms with E-state index in [1.54, 1.807) is 18.2 Å². The van der Waals surface area contributed by atoms with E-state index in [1.165, 1.54) is 5.56 Å². The molecule has 0 aromatic heterocycles. The highest BCUT2D eigenvalue weighted by molar-refractivity contribution is 6.31. The Bertz CT molecular complexity index is 670. The van der Waals surface area contributed by atoms with E-state index in [-0.39, 0.29) is 5.91 Å². The Morgan fingerprint density at radius 3 is 2.61 bits per heavy atom. The van der Waals surface area contributed by atoms with E-state index in [4.69, 9.17) is 11.6 Å². The monoisotopic (exact) mass is 328 g/mol. The van der Waals surface area contributed by atoms with Gasteiger partial charge in [-0.3, -0.25) is 9.59 Å². The second-order valence-electron chi connectivity index (χ2n) is 5.49. The smallest absolute Gasteiger partial charge is 0.251 e. The van der Waals surface area contributed by atoms with Crippen molar-refractivity contribution in [2.75, 3.05) is 0 Å². The van der Waals surface area contributed by atoms with Crippen LogP contribution in [0, 0.1) is 6.92 Å². The van der Waals surface area contributed by atoms with Crippen molar-refractivity contribution in [1.29, 1.82) is 0 Å². The molecule has 2 aromatic rings. The first kappa shape index (κ1) is 17.2. The Kier molecular flexibility index (Phi) is 6.36. The summed E-state index contributed by atoms with van der Waals surface area (Å²) in [6, 6.07) is 14.5. The molecule has 1 N–H and O–H groups in total. The number of benzene rings is 2. The fraction of sp³-hybridized carbons (Fsp3) is 0.263. The van der Waals surface area contributed by atoms with E-state index in [2.05, 4.69) is 5.32 Å². The summed E-state index contributed by atoms with van der Waals surface area (Å²) < 4.78 is 0. The van der Waals surface area contributed by atoms with Crippen LogP contribution in [0.1, 0.15) is 34.3 Å². The number of hydrogen-bond donors (Lipinski definition) is 1. The Hall–Kier alpha value is -2.13. The second-order valence-corrected chi connectivity index (χ2v) is 5.89. The van der Waals surface area contributed by atoms with E-state index in [1.807, 2.05) is 43.5 Å². The normalized spacial score (nSPS) is 11.7. The van der Waals surface area contributed by atoms with E-state index < -0.39 is 6.04 Å². The predicted octanol–water partition coefficient (Wildman–Crippen LogP) is 3.88. The summed E-state index contributed by atoms with van der Waals surface area (Å²) >= 11 is 6.02. The van der Waals surface area contributed by atoms with Gasteiger partial charge in [-0.15, -0.1) is 0 Å². The van der Waals surface area contributed by atoms with Crippen LogP contribution < -0.4 is 5.32 Å². The lowest BCUT2D eigenvalue weighted by Crippen LogP contribution is -2.36. The van der Waals surface area contributed by atoms with Crippen LogP contribution >= 0.6 is 11.6 Å². The fourth-order valence-corrected chi connectivity index (χ4v) is 2.47. The highest BCUT2D eigenvalue weighted by Crippen LogP contribution is 2.16. The highest BCUT2D eigenvalue weighted by Gasteiger charge is 2.14. The molecule has 0 heterocycles. The van der Waals surface area contributed by atoms with Gasteiger partial charge in [0.15, 0.2) is 0 Å². The Morgan fingerprint density at radius 1 is 1.22 bits per heavy atom. The molecule has 4 heteroatoms. The third-order valence-corrected chi connectivity index (χ3v) is 4.09. The molecular weight excluding hydrogens is 310 g/mol. The first-order chi connectivity index (χ1) is 11.1. The quantitative estimate of drug-likeness (QED) is 0.838. The number of carbonyl (C=O) groups is 1. The highest BCUT2D eigenvalue weighted by atomic mass is 35.5. The van der Waals surface area contributed by atoms with Gasteiger partial charge >= 0.3 is 0 Å². The van der Waals surface area contributed by atoms with E-state index in [0.717, 1.165) is 18.4 Å². The lowest BCUT2D eigenvalue weighted by molar-refractivity contribution is 0.0944. The molecule has 1 amide bonds. The van der Waals surface area contributed by atoms with Crippen LogP contribution in [-0.2, 0) is 11.2 Å². The lowest BCUT2D eigenvalue weighted by atomic mass is 10.0. The molecule has 0 spiro atoms. The maximum absolute atomic E-state index is 12.2. The second kappa shape index (κ2) is 8.49. The lowest BCUT2D eigenvalue weighted by Gasteiger charge is -2.12. The number of rotatable bonds is 7. The summed E-state index contributed by atoms with van der Waals surface area (Å²) in [6.07, 6.45) is 4.13. The van der Waals surface area contributed by atoms with Crippen molar-refractivity contribution < 1.29 is 9.59 Å². The van der Waals surface area contributed by atoms with E-state index in [0.29, 0.717) is 17.0 Å². The van der Waals surface area contributed by atoms with Gasteiger partial charge in [-0.1, -0.05) is 48.0 Å². The average Bonchev–Trinajstić information content (AvgIpc) is 2.57. The van der Waals surface area contributed by atoms with Crippen molar-refractivity contribution in [1.82, 2.24) is 5.32 Å². The minimum atomic E-state index is -0.605. The maximum atomic E-state index is 12.2. The van der Waals surface area contributed by atoms with Gasteiger partial charge in [-0.05, 0) is 49.4 Å². The van der Waals surface area contributed by atoms with Crippen molar-refractivity contribution in [2.45, 2.75) is 32.2 Å². The molecule has 0 fully saturated rings. The topological polar surface area (TPSA) is 46.2 Å². The molecule has 0 unspecified atom stereocenters. The van der Waals surface area contributed by atoms with Gasteiger partial charge < -0.3 is 5.32 Å². The first-order valence-corrected chi connectivity index (χ1v) is 7.96. The van der Waals surface area contributed by atoms with Crippen LogP contribution in [0.15, 0.2) is 48.5 Å². The Morgan fingerprint density at radius 2 is 1.96 bits per heavy atom. The van der Waals surface area contributed by atoms with Gasteiger partial charge in [0.25, 0.3) is 5.91 Å². The zero-order valence-corrected chi connectivity index (χ0v) is 13.8. The molecule has 0 saturated heterocycles. The number of hydrogen-bond acceptors (Lipinski definition) is 2. The molecular formula is C19H19ClNO2. The summed E-state index contributed by atoms with van der Waals surface area (Å²) in [7, 11) is 0. The molecule has 0 aliphatic rings. The SMILES string of the molecule is Cc1ccc(C(=O)N[C@@H]([C]=O)CCCc2ccccc2)cc1Cl. The summed E-state index contributed by atoms with van der Waals surface area (Å²) in [4.78, 5) is 23.2. The van der Waals surface area contributed by atoms with Gasteiger partial charge in [0.1, 0.15) is 0 Å². The minimum absolute atomic E-state index is 0.306. The Labute approximate surface area is 141 Å². The van der Waals surface area contributed by atoms with Crippen LogP contribution in [0.25, 0.3) is 0 Å². The number of amides is 1. The largest absolute Gasteiger partial charge is 0.342 e. The third-order valence-electron chi connectivity index (χ3n) is 3.68. The molecule has 3 nitrogen and oxygen atoms in total. The van der Waals surface area contributed by atoms with Gasteiger partial charge in [-0.25, -0.2) is 0 Å². The number of carbonyl (C=O) groups excluding carboxylic acids is 2. The number of halogens is 1. The summed E-state index contributed by atoms with van der Waals surface area (Å²) in [5.41, 5.74) is 2.57. The summed E-state index contributed by atoms with van der Waals surface area (Å²) in [5, 5.41) is 3.23. The Balaban J connectivity index is 1.87. The molecule has 119 valence electrons. The molecule has 2 aromatic carbocycles. The van der Waals surface area contributed by atoms with Gasteiger partial charge in [-0.2, -0.15) is 0 Å². The molecule has 1 radical (unpaired) electrons. The van der Waals surface area contributed by atoms with Crippen molar-refractivity contribution in [3.8, 4) is 0 Å². The zero-order valence-electron chi connectivity index (χ0n) is 13.0. The van der Waals surface area contributed by atoms with Crippen molar-refractivity contribution in [3.05, 3.63) is 70.2 Å². The van der Waals surface area contributed by atoms with Crippen LogP contribution in [0.4, 0.5) is 0 Å². The van der Waals surface area contributed by atoms with Crippen molar-refractivity contribution in [3.63, 3.8) is 0 Å². The van der Waals surface area contributed by atoms with E-state index in [9.17, 15) is 9.59 Å². The van der Waals surface area contributed by atoms with Crippen LogP contribution in [0.2, 0.25) is 5.02 Å². The average molecular weight is 329 g/mol. The molecule has 0 aliphatic carbocycles. The molecule has 23 heavy (non-hydrogen) atoms. The molecule has 0 saturated carbocycles. The van der Waals surface area contributed by atoms with Crippen LogP contribution in [0.5, 0.6) is 0 Å². The number of nitrogens with one attached hydrogen (secondary N) is 1. The van der Waals surface area contributed by atoms with Crippen molar-refractivity contribution in [2.24, 2.45) is 0 Å². The fourth-order valence-electron chi connectivity index (χ4n) is 2.29. The van der Waals surface area contributed by atoms with E-state index >= 15 is 0 Å². The molecule has 0 aliphatic heterocycles. The van der Waals surface area contributed by atoms with Crippen molar-refractivity contribution >= 4 is 23.8 Å². The summed E-state index contributed by atoms with van der Waals surface area (Å²) in [6.45, 7) is 1.87. The molecule has 0 bridgehead atoms. The summed E-state index contributed by atoms with van der Waals surface area (Å²) in [5.74, 6) is -0.306. The van der Waals surface area contributed by atoms with Gasteiger partial charge in [0.2, 0.25) is 6.29 Å². The first-order valence-electron chi connectivity index (χ1n) is 7.59. The third kappa shape index (κ3) is 5.22. The van der Waals surface area contributed by atoms with Crippen LogP contribution in [0.3, 0.4) is 0 Å². The molecule has 2 rings (SSSR count). The minimum Gasteiger partial charge on any atom is -0.342 e. The van der Waals surface area contributed by atoms with Gasteiger partial charge in [0.05, 0.1) is 6.04 Å². The molecule has 1 atom stereocenters. The number of aryl methyl sites for hydroxylation is 2. The van der Waals surface area contributed by atoms with Gasteiger partial charge in [0, 0.05) is 10.6 Å².